The lowest BCUT2D eigenvalue weighted by Crippen LogP contribution is -2.49. The minimum Gasteiger partial charge on any atom is -0.379 e. The normalized spacial score (nSPS) is 18.3. The average molecular weight is 531 g/mol. The first kappa shape index (κ1) is 26.6. The van der Waals surface area contributed by atoms with Gasteiger partial charge in [0.2, 0.25) is 0 Å². The van der Waals surface area contributed by atoms with Gasteiger partial charge in [-0.25, -0.2) is 0 Å². The van der Waals surface area contributed by atoms with Crippen LogP contribution >= 0.6 is 24.0 Å². The third kappa shape index (κ3) is 8.39. The summed E-state index contributed by atoms with van der Waals surface area (Å²) in [6, 6.07) is 8.63. The predicted octanol–water partition coefficient (Wildman–Crippen LogP) is 2.21. The van der Waals surface area contributed by atoms with Crippen LogP contribution in [0.25, 0.3) is 0 Å². The number of morpholine rings is 1. The Bertz CT molecular complexity index is 683. The molecule has 1 heterocycles. The molecule has 7 nitrogen and oxygen atoms in total. The predicted molar refractivity (Wildman–Crippen MR) is 134 cm³/mol. The molecule has 1 aromatic rings. The van der Waals surface area contributed by atoms with Crippen molar-refractivity contribution >= 4 is 35.8 Å². The maximum absolute atomic E-state index is 12.1. The highest BCUT2D eigenvalue weighted by Crippen LogP contribution is 2.11. The fraction of sp³-hybridized carbons (Fsp3) is 0.636. The summed E-state index contributed by atoms with van der Waals surface area (Å²) in [5, 5.41) is 6.73. The number of ether oxygens (including phenoxy) is 1. The maximum atomic E-state index is 12.1. The highest BCUT2D eigenvalue weighted by Gasteiger charge is 2.23. The van der Waals surface area contributed by atoms with Gasteiger partial charge in [0.05, 0.1) is 19.8 Å². The van der Waals surface area contributed by atoms with Gasteiger partial charge in [0.15, 0.2) is 5.96 Å². The van der Waals surface area contributed by atoms with Gasteiger partial charge < -0.3 is 20.3 Å². The quantitative estimate of drug-likeness (QED) is 0.306. The summed E-state index contributed by atoms with van der Waals surface area (Å²) in [7, 11) is 3.54. The number of halogens is 1. The second kappa shape index (κ2) is 13.8. The number of aliphatic imine (C=N–C) groups is 1. The van der Waals surface area contributed by atoms with E-state index in [1.807, 2.05) is 18.2 Å². The fourth-order valence-corrected chi connectivity index (χ4v) is 3.51. The van der Waals surface area contributed by atoms with E-state index in [0.717, 1.165) is 62.9 Å². The minimum atomic E-state index is 0. The van der Waals surface area contributed by atoms with E-state index in [9.17, 15) is 4.79 Å². The SMILES string of the molecule is CCNC(=NCC(C)N1CCOCC1C)NCCc1cccc(C(=O)N(C)C)c1.I. The van der Waals surface area contributed by atoms with Crippen LogP contribution < -0.4 is 10.6 Å². The number of nitrogens with one attached hydrogen (secondary N) is 2. The molecular weight excluding hydrogens is 493 g/mol. The molecule has 8 heteroatoms. The van der Waals surface area contributed by atoms with Gasteiger partial charge in [-0.1, -0.05) is 12.1 Å². The van der Waals surface area contributed by atoms with E-state index >= 15 is 0 Å². The molecule has 1 aliphatic heterocycles. The third-order valence-corrected chi connectivity index (χ3v) is 5.13. The number of rotatable bonds is 8. The van der Waals surface area contributed by atoms with Gasteiger partial charge in [0.1, 0.15) is 0 Å². The molecule has 2 atom stereocenters. The number of guanidine groups is 1. The number of nitrogens with zero attached hydrogens (tertiary/aromatic N) is 3. The van der Waals surface area contributed by atoms with Crippen molar-refractivity contribution in [1.29, 1.82) is 0 Å². The monoisotopic (exact) mass is 531 g/mol. The van der Waals surface area contributed by atoms with Gasteiger partial charge in [-0.2, -0.15) is 0 Å². The van der Waals surface area contributed by atoms with E-state index in [4.69, 9.17) is 9.73 Å². The zero-order valence-electron chi connectivity index (χ0n) is 19.0. The Morgan fingerprint density at radius 1 is 1.37 bits per heavy atom. The van der Waals surface area contributed by atoms with Crippen molar-refractivity contribution in [1.82, 2.24) is 20.4 Å². The molecule has 2 rings (SSSR count). The minimum absolute atomic E-state index is 0. The molecule has 0 radical (unpaired) electrons. The van der Waals surface area contributed by atoms with Crippen LogP contribution in [0.2, 0.25) is 0 Å². The van der Waals surface area contributed by atoms with E-state index < -0.39 is 0 Å². The van der Waals surface area contributed by atoms with Gasteiger partial charge in [0, 0.05) is 51.4 Å². The zero-order chi connectivity index (χ0) is 21.2. The molecule has 1 amide bonds. The van der Waals surface area contributed by atoms with Gasteiger partial charge in [0.25, 0.3) is 5.91 Å². The Hall–Kier alpha value is -1.39. The van der Waals surface area contributed by atoms with E-state index in [1.165, 1.54) is 0 Å². The molecule has 1 saturated heterocycles. The zero-order valence-corrected chi connectivity index (χ0v) is 21.3. The largest absolute Gasteiger partial charge is 0.379 e. The van der Waals surface area contributed by atoms with Crippen LogP contribution in [0, 0.1) is 0 Å². The lowest BCUT2D eigenvalue weighted by atomic mass is 10.1. The number of carbonyl (C=O) groups excluding carboxylic acids is 1. The summed E-state index contributed by atoms with van der Waals surface area (Å²) in [6.07, 6.45) is 0.828. The van der Waals surface area contributed by atoms with Gasteiger partial charge in [-0.15, -0.1) is 24.0 Å². The van der Waals surface area contributed by atoms with Crippen LogP contribution in [0.5, 0.6) is 0 Å². The van der Waals surface area contributed by atoms with Crippen molar-refractivity contribution in [3.8, 4) is 0 Å². The Morgan fingerprint density at radius 2 is 2.13 bits per heavy atom. The summed E-state index contributed by atoms with van der Waals surface area (Å²) in [5.41, 5.74) is 1.86. The van der Waals surface area contributed by atoms with E-state index in [0.29, 0.717) is 12.1 Å². The molecule has 2 N–H and O–H groups in total. The fourth-order valence-electron chi connectivity index (χ4n) is 3.51. The molecule has 1 aliphatic rings. The number of hydrogen-bond donors (Lipinski definition) is 2. The topological polar surface area (TPSA) is 69.2 Å². The average Bonchev–Trinajstić information content (AvgIpc) is 2.71. The van der Waals surface area contributed by atoms with Crippen LogP contribution in [0.15, 0.2) is 29.3 Å². The molecule has 0 aliphatic carbocycles. The number of amides is 1. The summed E-state index contributed by atoms with van der Waals surface area (Å²) in [5.74, 6) is 0.863. The Kier molecular flexibility index (Phi) is 12.3. The number of benzene rings is 1. The molecular formula is C22H38IN5O2. The molecule has 0 spiro atoms. The Morgan fingerprint density at radius 3 is 2.80 bits per heavy atom. The highest BCUT2D eigenvalue weighted by atomic mass is 127. The second-order valence-corrected chi connectivity index (χ2v) is 7.81. The summed E-state index contributed by atoms with van der Waals surface area (Å²) >= 11 is 0. The Balaban J connectivity index is 0.00000450. The Labute approximate surface area is 198 Å². The van der Waals surface area contributed by atoms with Crippen molar-refractivity contribution in [2.45, 2.75) is 39.3 Å². The first-order chi connectivity index (χ1) is 13.9. The van der Waals surface area contributed by atoms with E-state index in [2.05, 4.69) is 42.4 Å². The molecule has 1 aromatic carbocycles. The first-order valence-electron chi connectivity index (χ1n) is 10.6. The van der Waals surface area contributed by atoms with Crippen LogP contribution in [0.4, 0.5) is 0 Å². The lowest BCUT2D eigenvalue weighted by Gasteiger charge is -2.37. The lowest BCUT2D eigenvalue weighted by molar-refractivity contribution is -0.0165. The van der Waals surface area contributed by atoms with E-state index in [-0.39, 0.29) is 29.9 Å². The highest BCUT2D eigenvalue weighted by molar-refractivity contribution is 14.0. The summed E-state index contributed by atoms with van der Waals surface area (Å²) < 4.78 is 5.53. The van der Waals surface area contributed by atoms with Crippen molar-refractivity contribution in [3.63, 3.8) is 0 Å². The van der Waals surface area contributed by atoms with Gasteiger partial charge >= 0.3 is 0 Å². The maximum Gasteiger partial charge on any atom is 0.253 e. The molecule has 0 saturated carbocycles. The van der Waals surface area contributed by atoms with Gasteiger partial charge in [-0.3, -0.25) is 14.7 Å². The standard InChI is InChI=1S/C22H37N5O2.HI/c1-6-23-22(25-15-17(2)27-12-13-29-16-18(27)3)24-11-10-19-8-7-9-20(14-19)21(28)26(4)5;/h7-9,14,17-18H,6,10-13,15-16H2,1-5H3,(H2,23,24,25);1H. The van der Waals surface area contributed by atoms with Gasteiger partial charge in [-0.05, 0) is 44.9 Å². The number of hydrogen-bond acceptors (Lipinski definition) is 4. The van der Waals surface area contributed by atoms with Crippen LogP contribution in [-0.2, 0) is 11.2 Å². The molecule has 1 fully saturated rings. The number of carbonyl (C=O) groups is 1. The third-order valence-electron chi connectivity index (χ3n) is 5.13. The van der Waals surface area contributed by atoms with Crippen molar-refractivity contribution in [3.05, 3.63) is 35.4 Å². The van der Waals surface area contributed by atoms with Crippen molar-refractivity contribution in [2.75, 3.05) is 53.5 Å². The molecule has 0 aromatic heterocycles. The molecule has 0 bridgehead atoms. The van der Waals surface area contributed by atoms with Crippen molar-refractivity contribution in [2.24, 2.45) is 4.99 Å². The van der Waals surface area contributed by atoms with Crippen LogP contribution in [-0.4, -0.2) is 87.2 Å². The smallest absolute Gasteiger partial charge is 0.253 e. The van der Waals surface area contributed by atoms with E-state index in [1.54, 1.807) is 19.0 Å². The summed E-state index contributed by atoms with van der Waals surface area (Å²) in [6.45, 7) is 11.4. The molecule has 30 heavy (non-hydrogen) atoms. The van der Waals surface area contributed by atoms with Crippen LogP contribution in [0.1, 0.15) is 36.7 Å². The molecule has 2 unspecified atom stereocenters. The van der Waals surface area contributed by atoms with Crippen LogP contribution in [0.3, 0.4) is 0 Å². The molecule has 170 valence electrons. The first-order valence-corrected chi connectivity index (χ1v) is 10.6. The van der Waals surface area contributed by atoms with Crippen molar-refractivity contribution < 1.29 is 9.53 Å². The summed E-state index contributed by atoms with van der Waals surface area (Å²) in [4.78, 5) is 21.0. The second-order valence-electron chi connectivity index (χ2n) is 7.81.